The van der Waals surface area contributed by atoms with Crippen LogP contribution in [-0.4, -0.2) is 63.7 Å². The highest BCUT2D eigenvalue weighted by Gasteiger charge is 2.33. The second-order valence-corrected chi connectivity index (χ2v) is 14.5. The molecule has 0 atom stereocenters. The fraction of sp³-hybridized carbons (Fsp3) is 0.571. The Hall–Kier alpha value is -2.19. The summed E-state index contributed by atoms with van der Waals surface area (Å²) in [7, 11) is -1.21. The van der Waals surface area contributed by atoms with Crippen molar-refractivity contribution in [1.29, 1.82) is 0 Å². The molecule has 0 saturated carbocycles. The maximum Gasteiger partial charge on any atom is 0.333 e. The van der Waals surface area contributed by atoms with Crippen LogP contribution in [0.2, 0.25) is 25.7 Å². The van der Waals surface area contributed by atoms with Gasteiger partial charge in [0.25, 0.3) is 0 Å². The molecule has 0 aliphatic carbocycles. The van der Waals surface area contributed by atoms with E-state index in [-0.39, 0.29) is 18.7 Å². The fourth-order valence-corrected chi connectivity index (χ4v) is 4.21. The number of Topliss-reactive ketones (excluding diaryl/α,β-unsaturated/α-hetero) is 1. The summed E-state index contributed by atoms with van der Waals surface area (Å²) in [6, 6.07) is 8.43. The van der Waals surface area contributed by atoms with Crippen molar-refractivity contribution < 1.29 is 19.1 Å². The number of carbonyl (C=O) groups is 3. The Balaban J connectivity index is 1.60. The van der Waals surface area contributed by atoms with Crippen molar-refractivity contribution in [3.05, 3.63) is 24.3 Å². The van der Waals surface area contributed by atoms with Gasteiger partial charge in [0.15, 0.2) is 0 Å². The Bertz CT molecular complexity index is 750. The van der Waals surface area contributed by atoms with Gasteiger partial charge in [-0.3, -0.25) is 14.5 Å². The third-order valence-electron chi connectivity index (χ3n) is 5.38. The zero-order chi connectivity index (χ0) is 21.0. The van der Waals surface area contributed by atoms with Crippen LogP contribution in [0.4, 0.5) is 16.2 Å². The number of carbonyl (C=O) groups excluding carboxylic acids is 3. The first-order chi connectivity index (χ1) is 13.7. The predicted molar refractivity (Wildman–Crippen MR) is 116 cm³/mol. The number of piperidine rings is 1. The monoisotopic (exact) mass is 417 g/mol. The zero-order valence-corrected chi connectivity index (χ0v) is 18.6. The smallest absolute Gasteiger partial charge is 0.333 e. The Morgan fingerprint density at radius 2 is 1.52 bits per heavy atom. The van der Waals surface area contributed by atoms with Crippen molar-refractivity contribution in [3.63, 3.8) is 0 Å². The lowest BCUT2D eigenvalue weighted by atomic mass is 10.1. The Morgan fingerprint density at radius 1 is 0.897 bits per heavy atom. The van der Waals surface area contributed by atoms with Crippen LogP contribution in [0.15, 0.2) is 24.3 Å². The Kier molecular flexibility index (Phi) is 6.74. The average molecular weight is 418 g/mol. The molecule has 3 amide bonds. The van der Waals surface area contributed by atoms with Gasteiger partial charge in [-0.2, -0.15) is 0 Å². The molecule has 0 radical (unpaired) electrons. The summed E-state index contributed by atoms with van der Waals surface area (Å²) in [6.07, 6.45) is 1.46. The van der Waals surface area contributed by atoms with Crippen LogP contribution in [-0.2, 0) is 14.3 Å². The largest absolute Gasteiger partial charge is 0.371 e. The number of nitrogens with zero attached hydrogens (tertiary/aromatic N) is 3. The van der Waals surface area contributed by atoms with Gasteiger partial charge in [0, 0.05) is 65.0 Å². The highest BCUT2D eigenvalue weighted by atomic mass is 28.3. The summed E-state index contributed by atoms with van der Waals surface area (Å²) in [6.45, 7) is 9.22. The van der Waals surface area contributed by atoms with Crippen LogP contribution in [0, 0.1) is 0 Å². The van der Waals surface area contributed by atoms with Gasteiger partial charge in [0.1, 0.15) is 12.5 Å². The van der Waals surface area contributed by atoms with Crippen molar-refractivity contribution in [1.82, 2.24) is 4.90 Å². The van der Waals surface area contributed by atoms with E-state index in [1.165, 1.54) is 4.90 Å². The minimum absolute atomic E-state index is 0.0124. The van der Waals surface area contributed by atoms with E-state index in [1.54, 1.807) is 4.90 Å². The van der Waals surface area contributed by atoms with E-state index in [9.17, 15) is 14.4 Å². The number of benzene rings is 1. The first kappa shape index (κ1) is 21.5. The summed E-state index contributed by atoms with van der Waals surface area (Å²) in [4.78, 5) is 41.5. The predicted octanol–water partition coefficient (Wildman–Crippen LogP) is 3.33. The van der Waals surface area contributed by atoms with Crippen molar-refractivity contribution in [2.24, 2.45) is 0 Å². The summed E-state index contributed by atoms with van der Waals surface area (Å²) < 4.78 is 5.64. The summed E-state index contributed by atoms with van der Waals surface area (Å²) in [5, 5.41) is 0. The third kappa shape index (κ3) is 5.67. The minimum Gasteiger partial charge on any atom is -0.371 e. The van der Waals surface area contributed by atoms with Gasteiger partial charge in [-0.25, -0.2) is 9.69 Å². The van der Waals surface area contributed by atoms with Gasteiger partial charge in [0.2, 0.25) is 5.91 Å². The van der Waals surface area contributed by atoms with Crippen LogP contribution in [0.3, 0.4) is 0 Å². The molecule has 2 heterocycles. The number of hydrogen-bond acceptors (Lipinski definition) is 5. The van der Waals surface area contributed by atoms with E-state index >= 15 is 0 Å². The zero-order valence-electron chi connectivity index (χ0n) is 17.6. The molecule has 2 aliphatic rings. The normalized spacial score (nSPS) is 18.6. The highest BCUT2D eigenvalue weighted by molar-refractivity contribution is 6.76. The number of hydrogen-bond donors (Lipinski definition) is 0. The van der Waals surface area contributed by atoms with Crippen LogP contribution in [0.5, 0.6) is 0 Å². The Morgan fingerprint density at radius 3 is 2.14 bits per heavy atom. The van der Waals surface area contributed by atoms with Crippen LogP contribution < -0.4 is 9.80 Å². The van der Waals surface area contributed by atoms with E-state index in [0.29, 0.717) is 38.2 Å². The van der Waals surface area contributed by atoms with Gasteiger partial charge < -0.3 is 9.64 Å². The van der Waals surface area contributed by atoms with E-state index in [0.717, 1.165) is 30.5 Å². The number of imide groups is 1. The molecule has 2 aliphatic heterocycles. The standard InChI is InChI=1S/C21H31N3O4Si/c1-29(2,3)15-14-28-16-24-20(26)10-13-23(21(24)27)18-6-4-17(5-7-18)22-11-8-19(25)9-12-22/h4-7H,8-16H2,1-3H3. The van der Waals surface area contributed by atoms with Crippen LogP contribution in [0.1, 0.15) is 19.3 Å². The van der Waals surface area contributed by atoms with Gasteiger partial charge in [-0.15, -0.1) is 0 Å². The molecular formula is C21H31N3O4Si. The number of ether oxygens (including phenoxy) is 1. The summed E-state index contributed by atoms with van der Waals surface area (Å²) in [5.74, 6) is 0.127. The van der Waals surface area contributed by atoms with Crippen LogP contribution in [0.25, 0.3) is 0 Å². The number of amides is 3. The van der Waals surface area contributed by atoms with Crippen molar-refractivity contribution in [2.75, 3.05) is 42.8 Å². The second-order valence-electron chi connectivity index (χ2n) is 8.90. The number of urea groups is 1. The SMILES string of the molecule is C[Si](C)(C)CCOCN1C(=O)CCN(c2ccc(N3CCC(=O)CC3)cc2)C1=O. The number of anilines is 2. The lowest BCUT2D eigenvalue weighted by Crippen LogP contribution is -2.53. The molecule has 158 valence electrons. The molecule has 0 unspecified atom stereocenters. The molecule has 2 fully saturated rings. The molecule has 0 spiro atoms. The fourth-order valence-electron chi connectivity index (χ4n) is 3.45. The maximum atomic E-state index is 12.9. The van der Waals surface area contributed by atoms with Crippen molar-refractivity contribution in [2.45, 2.75) is 44.9 Å². The van der Waals surface area contributed by atoms with Gasteiger partial charge >= 0.3 is 6.03 Å². The second kappa shape index (κ2) is 9.09. The van der Waals surface area contributed by atoms with E-state index < -0.39 is 8.07 Å². The number of ketones is 1. The number of rotatable bonds is 7. The lowest BCUT2D eigenvalue weighted by Gasteiger charge is -2.34. The van der Waals surface area contributed by atoms with Crippen molar-refractivity contribution >= 4 is 37.2 Å². The third-order valence-corrected chi connectivity index (χ3v) is 7.08. The topological polar surface area (TPSA) is 70.2 Å². The van der Waals surface area contributed by atoms with Crippen LogP contribution >= 0.6 is 0 Å². The first-order valence-electron chi connectivity index (χ1n) is 10.3. The Labute approximate surface area is 173 Å². The molecule has 2 saturated heterocycles. The summed E-state index contributed by atoms with van der Waals surface area (Å²) in [5.41, 5.74) is 1.82. The molecule has 0 N–H and O–H groups in total. The van der Waals surface area contributed by atoms with Crippen molar-refractivity contribution in [3.8, 4) is 0 Å². The first-order valence-corrected chi connectivity index (χ1v) is 14.0. The van der Waals surface area contributed by atoms with Gasteiger partial charge in [-0.05, 0) is 30.3 Å². The molecule has 8 heteroatoms. The summed E-state index contributed by atoms with van der Waals surface area (Å²) >= 11 is 0. The molecule has 0 bridgehead atoms. The molecule has 0 aromatic heterocycles. The van der Waals surface area contributed by atoms with E-state index in [2.05, 4.69) is 24.5 Å². The maximum absolute atomic E-state index is 12.9. The lowest BCUT2D eigenvalue weighted by molar-refractivity contribution is -0.133. The molecule has 1 aromatic carbocycles. The molecule has 7 nitrogen and oxygen atoms in total. The highest BCUT2D eigenvalue weighted by Crippen LogP contribution is 2.25. The van der Waals surface area contributed by atoms with E-state index in [1.807, 2.05) is 24.3 Å². The average Bonchev–Trinajstić information content (AvgIpc) is 2.67. The minimum atomic E-state index is -1.21. The molecule has 3 rings (SSSR count). The molecule has 1 aromatic rings. The van der Waals surface area contributed by atoms with Gasteiger partial charge in [-0.1, -0.05) is 19.6 Å². The van der Waals surface area contributed by atoms with Gasteiger partial charge in [0.05, 0.1) is 0 Å². The van der Waals surface area contributed by atoms with E-state index in [4.69, 9.17) is 4.74 Å². The molecular weight excluding hydrogens is 386 g/mol. The molecule has 29 heavy (non-hydrogen) atoms. The quantitative estimate of drug-likeness (QED) is 0.503.